The summed E-state index contributed by atoms with van der Waals surface area (Å²) in [6.07, 6.45) is 5.65. The first-order valence-electron chi connectivity index (χ1n) is 7.15. The predicted octanol–water partition coefficient (Wildman–Crippen LogP) is 2.59. The Morgan fingerprint density at radius 1 is 1.11 bits per heavy atom. The zero-order valence-electron chi connectivity index (χ0n) is 11.8. The lowest BCUT2D eigenvalue weighted by molar-refractivity contribution is -0.143. The van der Waals surface area contributed by atoms with Gasteiger partial charge in [-0.25, -0.2) is 0 Å². The fourth-order valence-corrected chi connectivity index (χ4v) is 3.42. The zero-order chi connectivity index (χ0) is 12.4. The van der Waals surface area contributed by atoms with Crippen LogP contribution in [0.4, 0.5) is 0 Å². The van der Waals surface area contributed by atoms with Crippen LogP contribution in [0.25, 0.3) is 0 Å². The molecule has 2 aliphatic heterocycles. The molecule has 1 amide bonds. The highest BCUT2D eigenvalue weighted by Crippen LogP contribution is 2.27. The van der Waals surface area contributed by atoms with E-state index in [2.05, 4.69) is 31.0 Å². The number of likely N-dealkylation sites (tertiary alicyclic amines) is 1. The Morgan fingerprint density at radius 3 is 2.28 bits per heavy atom. The number of amides is 1. The molecule has 2 saturated heterocycles. The van der Waals surface area contributed by atoms with Crippen LogP contribution in [0.5, 0.6) is 0 Å². The maximum absolute atomic E-state index is 12.6. The van der Waals surface area contributed by atoms with Gasteiger partial charge in [0.05, 0.1) is 0 Å². The van der Waals surface area contributed by atoms with E-state index in [-0.39, 0.29) is 18.3 Å². The molecule has 18 heavy (non-hydrogen) atoms. The third kappa shape index (κ3) is 3.39. The van der Waals surface area contributed by atoms with Crippen molar-refractivity contribution in [2.75, 3.05) is 6.54 Å². The Bertz CT molecular complexity index is 275. The summed E-state index contributed by atoms with van der Waals surface area (Å²) >= 11 is 0. The lowest BCUT2D eigenvalue weighted by atomic mass is 9.89. The van der Waals surface area contributed by atoms with Gasteiger partial charge in [-0.15, -0.1) is 12.4 Å². The molecule has 0 spiro atoms. The largest absolute Gasteiger partial charge is 0.337 e. The molecule has 0 bridgehead atoms. The highest BCUT2D eigenvalue weighted by atomic mass is 35.5. The van der Waals surface area contributed by atoms with Crippen LogP contribution in [0.15, 0.2) is 0 Å². The second kappa shape index (κ2) is 6.76. The molecule has 106 valence electrons. The molecule has 1 N–H and O–H groups in total. The van der Waals surface area contributed by atoms with Gasteiger partial charge in [0.15, 0.2) is 0 Å². The van der Waals surface area contributed by atoms with Gasteiger partial charge in [0, 0.05) is 24.0 Å². The minimum absolute atomic E-state index is 0. The molecule has 2 unspecified atom stereocenters. The molecule has 2 heterocycles. The highest BCUT2D eigenvalue weighted by molar-refractivity contribution is 5.85. The van der Waals surface area contributed by atoms with Gasteiger partial charge in [0.1, 0.15) is 0 Å². The number of piperidine rings is 2. The third-order valence-electron chi connectivity index (χ3n) is 4.42. The second-order valence-electron chi connectivity index (χ2n) is 5.95. The van der Waals surface area contributed by atoms with Crippen molar-refractivity contribution < 1.29 is 4.79 Å². The van der Waals surface area contributed by atoms with Crippen LogP contribution in [0.1, 0.15) is 52.9 Å². The van der Waals surface area contributed by atoms with E-state index in [1.165, 1.54) is 19.3 Å². The summed E-state index contributed by atoms with van der Waals surface area (Å²) in [6.45, 7) is 7.59. The van der Waals surface area contributed by atoms with E-state index in [0.29, 0.717) is 24.0 Å². The van der Waals surface area contributed by atoms with Gasteiger partial charge < -0.3 is 10.2 Å². The van der Waals surface area contributed by atoms with E-state index < -0.39 is 0 Å². The fraction of sp³-hybridized carbons (Fsp3) is 0.929. The van der Waals surface area contributed by atoms with E-state index in [4.69, 9.17) is 0 Å². The first kappa shape index (κ1) is 15.8. The molecule has 3 nitrogen and oxygen atoms in total. The van der Waals surface area contributed by atoms with Crippen LogP contribution in [0, 0.1) is 5.92 Å². The van der Waals surface area contributed by atoms with E-state index in [9.17, 15) is 4.79 Å². The van der Waals surface area contributed by atoms with Gasteiger partial charge in [-0.05, 0) is 59.4 Å². The molecule has 0 aromatic rings. The monoisotopic (exact) mass is 274 g/mol. The summed E-state index contributed by atoms with van der Waals surface area (Å²) < 4.78 is 0. The van der Waals surface area contributed by atoms with Crippen molar-refractivity contribution in [1.82, 2.24) is 10.2 Å². The number of carbonyl (C=O) groups excluding carboxylic acids is 1. The summed E-state index contributed by atoms with van der Waals surface area (Å²) in [5.41, 5.74) is 0. The summed E-state index contributed by atoms with van der Waals surface area (Å²) in [4.78, 5) is 14.8. The van der Waals surface area contributed by atoms with Crippen LogP contribution in [-0.2, 0) is 4.79 Å². The van der Waals surface area contributed by atoms with Crippen molar-refractivity contribution in [3.05, 3.63) is 0 Å². The van der Waals surface area contributed by atoms with Gasteiger partial charge in [0.25, 0.3) is 0 Å². The lowest BCUT2D eigenvalue weighted by Gasteiger charge is -2.42. The Labute approximate surface area is 117 Å². The topological polar surface area (TPSA) is 32.3 Å². The molecule has 2 fully saturated rings. The Morgan fingerprint density at radius 2 is 1.72 bits per heavy atom. The van der Waals surface area contributed by atoms with E-state index in [1.54, 1.807) is 0 Å². The minimum Gasteiger partial charge on any atom is -0.337 e. The molecule has 4 heteroatoms. The predicted molar refractivity (Wildman–Crippen MR) is 77.1 cm³/mol. The smallest absolute Gasteiger partial charge is 0.226 e. The summed E-state index contributed by atoms with van der Waals surface area (Å²) in [6, 6.07) is 1.38. The minimum atomic E-state index is 0. The number of halogens is 1. The van der Waals surface area contributed by atoms with Crippen LogP contribution in [0.2, 0.25) is 0 Å². The number of rotatable bonds is 1. The van der Waals surface area contributed by atoms with Crippen molar-refractivity contribution >= 4 is 18.3 Å². The van der Waals surface area contributed by atoms with E-state index in [1.807, 2.05) is 0 Å². The van der Waals surface area contributed by atoms with Gasteiger partial charge in [0.2, 0.25) is 5.91 Å². The third-order valence-corrected chi connectivity index (χ3v) is 4.42. The van der Waals surface area contributed by atoms with Crippen molar-refractivity contribution in [2.24, 2.45) is 5.92 Å². The molecular formula is C14H27ClN2O. The highest BCUT2D eigenvalue weighted by Gasteiger charge is 2.34. The van der Waals surface area contributed by atoms with Crippen molar-refractivity contribution in [3.63, 3.8) is 0 Å². The van der Waals surface area contributed by atoms with Crippen molar-refractivity contribution in [2.45, 2.75) is 71.0 Å². The average Bonchev–Trinajstić information content (AvgIpc) is 2.28. The van der Waals surface area contributed by atoms with Gasteiger partial charge in [-0.3, -0.25) is 4.79 Å². The maximum atomic E-state index is 12.6. The normalized spacial score (nSPS) is 36.9. The van der Waals surface area contributed by atoms with E-state index in [0.717, 1.165) is 19.4 Å². The summed E-state index contributed by atoms with van der Waals surface area (Å²) in [5, 5.41) is 3.42. The Kier molecular flexibility index (Phi) is 5.93. The first-order valence-corrected chi connectivity index (χ1v) is 7.15. The average molecular weight is 275 g/mol. The van der Waals surface area contributed by atoms with Crippen molar-refractivity contribution in [3.8, 4) is 0 Å². The van der Waals surface area contributed by atoms with Gasteiger partial charge in [-0.2, -0.15) is 0 Å². The molecule has 0 aliphatic carbocycles. The Balaban J connectivity index is 0.00000162. The molecular weight excluding hydrogens is 248 g/mol. The van der Waals surface area contributed by atoms with Crippen LogP contribution < -0.4 is 5.32 Å². The number of hydrogen-bond donors (Lipinski definition) is 1. The summed E-state index contributed by atoms with van der Waals surface area (Å²) in [5.74, 6) is 0.673. The number of carbonyl (C=O) groups is 1. The zero-order valence-corrected chi connectivity index (χ0v) is 12.6. The number of nitrogens with zero attached hydrogens (tertiary/aromatic N) is 1. The SMILES string of the molecule is CC1CCCC(C)N1C(=O)[C@H]1CCN[C@@H](C)C1.Cl. The number of hydrogen-bond acceptors (Lipinski definition) is 2. The van der Waals surface area contributed by atoms with Crippen molar-refractivity contribution in [1.29, 1.82) is 0 Å². The standard InChI is InChI=1S/C14H26N2O.ClH/c1-10-9-13(7-8-15-10)14(17)16-11(2)5-4-6-12(16)3;/h10-13,15H,4-9H2,1-3H3;1H/t10-,11?,12?,13-;/m0./s1. The molecule has 4 atom stereocenters. The maximum Gasteiger partial charge on any atom is 0.226 e. The molecule has 0 aromatic heterocycles. The molecule has 0 radical (unpaired) electrons. The molecule has 2 rings (SSSR count). The lowest BCUT2D eigenvalue weighted by Crippen LogP contribution is -2.52. The van der Waals surface area contributed by atoms with E-state index >= 15 is 0 Å². The Hall–Kier alpha value is -0.280. The fourth-order valence-electron chi connectivity index (χ4n) is 3.42. The van der Waals surface area contributed by atoms with Crippen LogP contribution >= 0.6 is 12.4 Å². The first-order chi connectivity index (χ1) is 8.09. The molecule has 2 aliphatic rings. The van der Waals surface area contributed by atoms with Crippen LogP contribution in [-0.4, -0.2) is 35.5 Å². The quantitative estimate of drug-likeness (QED) is 0.797. The molecule has 0 aromatic carbocycles. The van der Waals surface area contributed by atoms with Gasteiger partial charge in [-0.1, -0.05) is 0 Å². The summed E-state index contributed by atoms with van der Waals surface area (Å²) in [7, 11) is 0. The molecule has 0 saturated carbocycles. The number of nitrogens with one attached hydrogen (secondary N) is 1. The van der Waals surface area contributed by atoms with Crippen LogP contribution in [0.3, 0.4) is 0 Å². The second-order valence-corrected chi connectivity index (χ2v) is 5.95. The van der Waals surface area contributed by atoms with Gasteiger partial charge >= 0.3 is 0 Å².